The topological polar surface area (TPSA) is 55.1 Å². The van der Waals surface area contributed by atoms with Gasteiger partial charge in [0.05, 0.1) is 0 Å². The van der Waals surface area contributed by atoms with Crippen LogP contribution < -0.4 is 11.1 Å². The second-order valence-electron chi connectivity index (χ2n) is 7.55. The Kier molecular flexibility index (Phi) is 6.31. The summed E-state index contributed by atoms with van der Waals surface area (Å²) in [6.45, 7) is 9.63. The Hall–Kier alpha value is -0.570. The Labute approximate surface area is 118 Å². The van der Waals surface area contributed by atoms with Gasteiger partial charge >= 0.3 is 0 Å². The third kappa shape index (κ3) is 6.95. The lowest BCUT2D eigenvalue weighted by Crippen LogP contribution is -2.37. The second-order valence-corrected chi connectivity index (χ2v) is 7.55. The molecule has 0 aromatic carbocycles. The molecule has 3 unspecified atom stereocenters. The molecule has 19 heavy (non-hydrogen) atoms. The maximum absolute atomic E-state index is 11.9. The maximum atomic E-state index is 11.9. The summed E-state index contributed by atoms with van der Waals surface area (Å²) in [6, 6.07) is -0.0243. The van der Waals surface area contributed by atoms with Crippen LogP contribution in [0.15, 0.2) is 0 Å². The number of hydrogen-bond acceptors (Lipinski definition) is 2. The van der Waals surface area contributed by atoms with Gasteiger partial charge in [-0.25, -0.2) is 0 Å². The summed E-state index contributed by atoms with van der Waals surface area (Å²) in [4.78, 5) is 11.9. The summed E-state index contributed by atoms with van der Waals surface area (Å²) >= 11 is 0. The van der Waals surface area contributed by atoms with Crippen LogP contribution in [0.25, 0.3) is 0 Å². The van der Waals surface area contributed by atoms with Crippen LogP contribution in [-0.4, -0.2) is 18.5 Å². The van der Waals surface area contributed by atoms with Gasteiger partial charge in [-0.3, -0.25) is 4.79 Å². The van der Waals surface area contributed by atoms with E-state index in [0.29, 0.717) is 12.3 Å². The van der Waals surface area contributed by atoms with Crippen molar-refractivity contribution in [1.82, 2.24) is 5.32 Å². The van der Waals surface area contributed by atoms with Crippen LogP contribution >= 0.6 is 0 Å². The minimum absolute atomic E-state index is 0.0243. The first kappa shape index (κ1) is 16.5. The van der Waals surface area contributed by atoms with Crippen molar-refractivity contribution >= 4 is 5.91 Å². The second kappa shape index (κ2) is 7.28. The molecule has 1 aliphatic rings. The first-order valence-corrected chi connectivity index (χ1v) is 7.80. The molecule has 112 valence electrons. The molecular formula is C16H32N2O. The zero-order valence-electron chi connectivity index (χ0n) is 13.2. The molecule has 3 heteroatoms. The van der Waals surface area contributed by atoms with Crippen LogP contribution in [0.3, 0.4) is 0 Å². The van der Waals surface area contributed by atoms with Crippen molar-refractivity contribution in [3.8, 4) is 0 Å². The van der Waals surface area contributed by atoms with Crippen molar-refractivity contribution in [2.45, 2.75) is 72.3 Å². The zero-order chi connectivity index (χ0) is 14.5. The monoisotopic (exact) mass is 268 g/mol. The fourth-order valence-electron chi connectivity index (χ4n) is 3.11. The molecule has 0 aliphatic heterocycles. The van der Waals surface area contributed by atoms with E-state index in [1.165, 1.54) is 25.7 Å². The number of carbonyl (C=O) groups is 1. The third-order valence-corrected chi connectivity index (χ3v) is 4.17. The van der Waals surface area contributed by atoms with E-state index in [4.69, 9.17) is 5.73 Å². The molecule has 0 heterocycles. The fourth-order valence-corrected chi connectivity index (χ4v) is 3.11. The van der Waals surface area contributed by atoms with Gasteiger partial charge in [0, 0.05) is 19.0 Å². The molecule has 0 aromatic heterocycles. The molecule has 3 nitrogen and oxygen atoms in total. The van der Waals surface area contributed by atoms with E-state index >= 15 is 0 Å². The first-order valence-electron chi connectivity index (χ1n) is 7.80. The maximum Gasteiger partial charge on any atom is 0.221 e. The Morgan fingerprint density at radius 1 is 1.32 bits per heavy atom. The Bertz CT molecular complexity index is 283. The molecule has 3 atom stereocenters. The summed E-state index contributed by atoms with van der Waals surface area (Å²) in [5.74, 6) is 1.53. The van der Waals surface area contributed by atoms with E-state index < -0.39 is 0 Å². The predicted octanol–water partition coefficient (Wildman–Crippen LogP) is 3.08. The van der Waals surface area contributed by atoms with Gasteiger partial charge in [0.25, 0.3) is 0 Å². The van der Waals surface area contributed by atoms with Crippen molar-refractivity contribution in [2.24, 2.45) is 23.0 Å². The van der Waals surface area contributed by atoms with E-state index in [9.17, 15) is 4.79 Å². The molecule has 0 aromatic rings. The number of amides is 1. The average molecular weight is 268 g/mol. The minimum Gasteiger partial charge on any atom is -0.356 e. The van der Waals surface area contributed by atoms with Crippen molar-refractivity contribution in [1.29, 1.82) is 0 Å². The highest BCUT2D eigenvalue weighted by molar-refractivity contribution is 5.76. The van der Waals surface area contributed by atoms with Crippen molar-refractivity contribution in [3.63, 3.8) is 0 Å². The van der Waals surface area contributed by atoms with Gasteiger partial charge in [-0.05, 0) is 30.1 Å². The van der Waals surface area contributed by atoms with Gasteiger partial charge < -0.3 is 11.1 Å². The van der Waals surface area contributed by atoms with Crippen molar-refractivity contribution in [3.05, 3.63) is 0 Å². The molecule has 1 fully saturated rings. The number of carbonyl (C=O) groups excluding carboxylic acids is 1. The first-order chi connectivity index (χ1) is 8.78. The number of nitrogens with one attached hydrogen (secondary N) is 1. The summed E-state index contributed by atoms with van der Waals surface area (Å²) in [6.07, 6.45) is 6.58. The number of hydrogen-bond donors (Lipinski definition) is 2. The highest BCUT2D eigenvalue weighted by atomic mass is 16.1. The van der Waals surface area contributed by atoms with Crippen LogP contribution in [-0.2, 0) is 4.79 Å². The normalized spacial score (nSPS) is 25.9. The summed E-state index contributed by atoms with van der Waals surface area (Å²) in [5.41, 5.74) is 6.23. The van der Waals surface area contributed by atoms with E-state index in [0.717, 1.165) is 18.9 Å². The van der Waals surface area contributed by atoms with Crippen LogP contribution in [0.1, 0.15) is 66.2 Å². The molecule has 1 rings (SSSR count). The van der Waals surface area contributed by atoms with E-state index in [-0.39, 0.29) is 17.4 Å². The Balaban J connectivity index is 2.23. The van der Waals surface area contributed by atoms with Gasteiger partial charge in [0.15, 0.2) is 0 Å². The Morgan fingerprint density at radius 3 is 2.53 bits per heavy atom. The summed E-state index contributed by atoms with van der Waals surface area (Å²) < 4.78 is 0. The lowest BCUT2D eigenvalue weighted by molar-refractivity contribution is -0.121. The number of rotatable bonds is 5. The number of nitrogens with two attached hydrogens (primary N) is 1. The molecule has 1 amide bonds. The molecule has 3 N–H and O–H groups in total. The lowest BCUT2D eigenvalue weighted by atomic mass is 9.80. The SMILES string of the molecule is CC1CCCCC1CNC(=O)CC(N)CC(C)(C)C. The molecular weight excluding hydrogens is 236 g/mol. The van der Waals surface area contributed by atoms with Crippen LogP contribution in [0.2, 0.25) is 0 Å². The smallest absolute Gasteiger partial charge is 0.221 e. The summed E-state index contributed by atoms with van der Waals surface area (Å²) in [7, 11) is 0. The molecule has 0 radical (unpaired) electrons. The minimum atomic E-state index is -0.0243. The lowest BCUT2D eigenvalue weighted by Gasteiger charge is -2.29. The third-order valence-electron chi connectivity index (χ3n) is 4.17. The molecule has 1 saturated carbocycles. The quantitative estimate of drug-likeness (QED) is 0.805. The van der Waals surface area contributed by atoms with Gasteiger partial charge in [0.2, 0.25) is 5.91 Å². The van der Waals surface area contributed by atoms with Crippen LogP contribution in [0.4, 0.5) is 0 Å². The molecule has 0 bridgehead atoms. The van der Waals surface area contributed by atoms with Gasteiger partial charge in [0.1, 0.15) is 0 Å². The highest BCUT2D eigenvalue weighted by Crippen LogP contribution is 2.28. The molecule has 0 spiro atoms. The van der Waals surface area contributed by atoms with Crippen LogP contribution in [0.5, 0.6) is 0 Å². The van der Waals surface area contributed by atoms with Crippen LogP contribution in [0, 0.1) is 17.3 Å². The molecule has 1 aliphatic carbocycles. The van der Waals surface area contributed by atoms with Crippen molar-refractivity contribution in [2.75, 3.05) is 6.54 Å². The molecule has 0 saturated heterocycles. The fraction of sp³-hybridized carbons (Fsp3) is 0.938. The zero-order valence-corrected chi connectivity index (χ0v) is 13.2. The largest absolute Gasteiger partial charge is 0.356 e. The van der Waals surface area contributed by atoms with E-state index in [1.54, 1.807) is 0 Å². The predicted molar refractivity (Wildman–Crippen MR) is 80.8 cm³/mol. The van der Waals surface area contributed by atoms with E-state index in [1.807, 2.05) is 0 Å². The van der Waals surface area contributed by atoms with Crippen molar-refractivity contribution < 1.29 is 4.79 Å². The standard InChI is InChI=1S/C16H32N2O/c1-12-7-5-6-8-13(12)11-18-15(19)9-14(17)10-16(2,3)4/h12-14H,5-11,17H2,1-4H3,(H,18,19). The van der Waals surface area contributed by atoms with Gasteiger partial charge in [-0.1, -0.05) is 47.0 Å². The van der Waals surface area contributed by atoms with Gasteiger partial charge in [-0.2, -0.15) is 0 Å². The highest BCUT2D eigenvalue weighted by Gasteiger charge is 2.22. The van der Waals surface area contributed by atoms with Gasteiger partial charge in [-0.15, -0.1) is 0 Å². The summed E-state index contributed by atoms with van der Waals surface area (Å²) in [5, 5.41) is 3.08. The van der Waals surface area contributed by atoms with E-state index in [2.05, 4.69) is 33.0 Å². The Morgan fingerprint density at radius 2 is 1.95 bits per heavy atom. The average Bonchev–Trinajstić information content (AvgIpc) is 2.25.